The lowest BCUT2D eigenvalue weighted by molar-refractivity contribution is -0.140. The quantitative estimate of drug-likeness (QED) is 0.251. The van der Waals surface area contributed by atoms with Gasteiger partial charge in [0.2, 0.25) is 0 Å². The molecule has 1 atom stereocenters. The highest BCUT2D eigenvalue weighted by Gasteiger charge is 2.46. The monoisotopic (exact) mass is 511 g/mol. The van der Waals surface area contributed by atoms with Crippen LogP contribution in [-0.4, -0.2) is 35.9 Å². The van der Waals surface area contributed by atoms with Gasteiger partial charge >= 0.3 is 0 Å². The number of hydrogen-bond donors (Lipinski definition) is 1. The first-order valence-corrected chi connectivity index (χ1v) is 11.5. The van der Waals surface area contributed by atoms with Gasteiger partial charge in [-0.05, 0) is 36.2 Å². The van der Waals surface area contributed by atoms with E-state index in [0.717, 1.165) is 11.1 Å². The predicted molar refractivity (Wildman–Crippen MR) is 135 cm³/mol. The highest BCUT2D eigenvalue weighted by atomic mass is 35.5. The van der Waals surface area contributed by atoms with Gasteiger partial charge in [-0.15, -0.1) is 0 Å². The van der Waals surface area contributed by atoms with E-state index in [1.165, 1.54) is 24.1 Å². The number of aliphatic hydroxyl groups excluding tert-OH is 1. The number of rotatable bonds is 6. The number of ketones is 1. The van der Waals surface area contributed by atoms with Crippen LogP contribution in [0.1, 0.15) is 28.3 Å². The zero-order valence-electron chi connectivity index (χ0n) is 19.3. The van der Waals surface area contributed by atoms with E-state index in [1.807, 2.05) is 49.4 Å². The largest absolute Gasteiger partial charge is 0.507 e. The summed E-state index contributed by atoms with van der Waals surface area (Å²) in [5, 5.41) is 11.7. The SMILES string of the molecule is COc1ccccc1CN1C(=O)C(=O)/C(=C(/O)c2cc(Cl)c(OC)c(Cl)c2)C1c1ccccc1C. The van der Waals surface area contributed by atoms with Crippen LogP contribution in [0.3, 0.4) is 0 Å². The van der Waals surface area contributed by atoms with Crippen molar-refractivity contribution in [3.8, 4) is 11.5 Å². The van der Waals surface area contributed by atoms with Crippen LogP contribution in [0.5, 0.6) is 11.5 Å². The molecule has 6 nitrogen and oxygen atoms in total. The predicted octanol–water partition coefficient (Wildman–Crippen LogP) is 5.94. The second-order valence-electron chi connectivity index (χ2n) is 8.07. The lowest BCUT2D eigenvalue weighted by Crippen LogP contribution is -2.29. The summed E-state index contributed by atoms with van der Waals surface area (Å²) >= 11 is 12.6. The van der Waals surface area contributed by atoms with Gasteiger partial charge in [0.05, 0.1) is 42.4 Å². The summed E-state index contributed by atoms with van der Waals surface area (Å²) in [6.07, 6.45) is 0. The molecule has 0 aliphatic carbocycles. The van der Waals surface area contributed by atoms with Crippen molar-refractivity contribution in [1.82, 2.24) is 4.90 Å². The normalized spacial score (nSPS) is 17.1. The summed E-state index contributed by atoms with van der Waals surface area (Å²) in [4.78, 5) is 28.1. The molecule has 0 radical (unpaired) electrons. The Bertz CT molecular complexity index is 1330. The Morgan fingerprint density at radius 1 is 0.971 bits per heavy atom. The highest BCUT2D eigenvalue weighted by Crippen LogP contribution is 2.43. The third-order valence-corrected chi connectivity index (χ3v) is 6.59. The van der Waals surface area contributed by atoms with Crippen molar-refractivity contribution in [3.05, 3.63) is 98.5 Å². The van der Waals surface area contributed by atoms with Gasteiger partial charge in [0, 0.05) is 11.1 Å². The maximum absolute atomic E-state index is 13.3. The molecule has 1 heterocycles. The summed E-state index contributed by atoms with van der Waals surface area (Å²) in [5.74, 6) is -1.06. The number of amides is 1. The molecule has 0 aromatic heterocycles. The molecule has 3 aromatic carbocycles. The number of ether oxygens (including phenoxy) is 2. The van der Waals surface area contributed by atoms with E-state index in [0.29, 0.717) is 11.3 Å². The van der Waals surface area contributed by atoms with Crippen LogP contribution in [0.15, 0.2) is 66.2 Å². The maximum atomic E-state index is 13.3. The number of methoxy groups -OCH3 is 2. The topological polar surface area (TPSA) is 76.1 Å². The second-order valence-corrected chi connectivity index (χ2v) is 8.88. The van der Waals surface area contributed by atoms with Crippen molar-refractivity contribution in [2.75, 3.05) is 14.2 Å². The lowest BCUT2D eigenvalue weighted by Gasteiger charge is -2.27. The first-order valence-electron chi connectivity index (χ1n) is 10.8. The van der Waals surface area contributed by atoms with Crippen LogP contribution in [-0.2, 0) is 16.1 Å². The Hall–Kier alpha value is -3.48. The van der Waals surface area contributed by atoms with Gasteiger partial charge in [-0.3, -0.25) is 9.59 Å². The number of para-hydroxylation sites is 1. The molecule has 1 N–H and O–H groups in total. The number of Topliss-reactive ketones (excluding diaryl/α,β-unsaturated/α-hetero) is 1. The molecule has 1 aliphatic heterocycles. The molecule has 35 heavy (non-hydrogen) atoms. The average Bonchev–Trinajstić information content (AvgIpc) is 3.08. The van der Waals surface area contributed by atoms with Crippen LogP contribution in [0.4, 0.5) is 0 Å². The number of likely N-dealkylation sites (tertiary alicyclic amines) is 1. The fraction of sp³-hybridized carbons (Fsp3) is 0.185. The minimum Gasteiger partial charge on any atom is -0.507 e. The Morgan fingerprint density at radius 3 is 2.23 bits per heavy atom. The number of nitrogens with zero attached hydrogens (tertiary/aromatic N) is 1. The van der Waals surface area contributed by atoms with Crippen LogP contribution in [0.2, 0.25) is 10.0 Å². The van der Waals surface area contributed by atoms with E-state index in [9.17, 15) is 14.7 Å². The first kappa shape index (κ1) is 24.6. The van der Waals surface area contributed by atoms with Gasteiger partial charge in [0.15, 0.2) is 5.75 Å². The third-order valence-electron chi connectivity index (χ3n) is 6.03. The van der Waals surface area contributed by atoms with Gasteiger partial charge < -0.3 is 19.5 Å². The summed E-state index contributed by atoms with van der Waals surface area (Å²) < 4.78 is 10.6. The maximum Gasteiger partial charge on any atom is 0.295 e. The lowest BCUT2D eigenvalue weighted by atomic mass is 9.92. The molecular formula is C27H23Cl2NO5. The molecule has 3 aromatic rings. The molecule has 1 unspecified atom stereocenters. The highest BCUT2D eigenvalue weighted by molar-refractivity contribution is 6.46. The minimum absolute atomic E-state index is 0.0449. The fourth-order valence-corrected chi connectivity index (χ4v) is 4.97. The number of hydrogen-bond acceptors (Lipinski definition) is 5. The average molecular weight is 512 g/mol. The third kappa shape index (κ3) is 4.47. The Balaban J connectivity index is 1.92. The Labute approximate surface area is 213 Å². The molecule has 8 heteroatoms. The molecule has 1 fully saturated rings. The van der Waals surface area contributed by atoms with E-state index in [1.54, 1.807) is 13.2 Å². The number of aryl methyl sites for hydroxylation is 1. The number of carbonyl (C=O) groups is 2. The van der Waals surface area contributed by atoms with Gasteiger partial charge in [-0.25, -0.2) is 0 Å². The molecule has 0 spiro atoms. The van der Waals surface area contributed by atoms with Crippen LogP contribution in [0, 0.1) is 6.92 Å². The van der Waals surface area contributed by atoms with Gasteiger partial charge in [0.25, 0.3) is 11.7 Å². The standard InChI is InChI=1S/C27H23Cl2NO5/c1-15-8-4-6-10-18(15)23-22(24(31)17-12-19(28)26(35-3)20(29)13-17)25(32)27(33)30(23)14-16-9-5-7-11-21(16)34-2/h4-13,23,31H,14H2,1-3H3/b24-22+. The number of benzene rings is 3. The van der Waals surface area contributed by atoms with Crippen LogP contribution in [0.25, 0.3) is 5.76 Å². The van der Waals surface area contributed by atoms with Crippen molar-refractivity contribution in [3.63, 3.8) is 0 Å². The van der Waals surface area contributed by atoms with Gasteiger partial charge in [0.1, 0.15) is 11.5 Å². The summed E-state index contributed by atoms with van der Waals surface area (Å²) in [6, 6.07) is 16.8. The van der Waals surface area contributed by atoms with Crippen LogP contribution >= 0.6 is 23.2 Å². The zero-order valence-corrected chi connectivity index (χ0v) is 20.9. The second kappa shape index (κ2) is 10.0. The fourth-order valence-electron chi connectivity index (χ4n) is 4.32. The Morgan fingerprint density at radius 2 is 1.60 bits per heavy atom. The number of aliphatic hydroxyl groups is 1. The summed E-state index contributed by atoms with van der Waals surface area (Å²) in [7, 11) is 2.97. The molecule has 180 valence electrons. The Kier molecular flexibility index (Phi) is 7.05. The van der Waals surface area contributed by atoms with E-state index >= 15 is 0 Å². The van der Waals surface area contributed by atoms with Crippen molar-refractivity contribution in [1.29, 1.82) is 0 Å². The van der Waals surface area contributed by atoms with Crippen LogP contribution < -0.4 is 9.47 Å². The van der Waals surface area contributed by atoms with Crippen molar-refractivity contribution in [2.24, 2.45) is 0 Å². The molecule has 0 saturated carbocycles. The van der Waals surface area contributed by atoms with Crippen molar-refractivity contribution in [2.45, 2.75) is 19.5 Å². The summed E-state index contributed by atoms with van der Waals surface area (Å²) in [6.45, 7) is 1.99. The van der Waals surface area contributed by atoms with E-state index in [-0.39, 0.29) is 39.2 Å². The van der Waals surface area contributed by atoms with E-state index in [2.05, 4.69) is 0 Å². The van der Waals surface area contributed by atoms with E-state index in [4.69, 9.17) is 32.7 Å². The van der Waals surface area contributed by atoms with Crippen molar-refractivity contribution < 1.29 is 24.2 Å². The van der Waals surface area contributed by atoms with Gasteiger partial charge in [-0.2, -0.15) is 0 Å². The molecular weight excluding hydrogens is 489 g/mol. The summed E-state index contributed by atoms with van der Waals surface area (Å²) in [5.41, 5.74) is 2.46. The molecule has 0 bridgehead atoms. The molecule has 1 aliphatic rings. The first-order chi connectivity index (χ1) is 16.8. The smallest absolute Gasteiger partial charge is 0.295 e. The molecule has 1 saturated heterocycles. The minimum atomic E-state index is -0.833. The number of halogens is 2. The van der Waals surface area contributed by atoms with Crippen molar-refractivity contribution >= 4 is 40.7 Å². The molecule has 1 amide bonds. The van der Waals surface area contributed by atoms with E-state index < -0.39 is 17.7 Å². The number of carbonyl (C=O) groups excluding carboxylic acids is 2. The molecule has 4 rings (SSSR count). The zero-order chi connectivity index (χ0) is 25.3. The van der Waals surface area contributed by atoms with Gasteiger partial charge in [-0.1, -0.05) is 65.7 Å².